The van der Waals surface area contributed by atoms with Gasteiger partial charge in [-0.05, 0) is 24.7 Å². The summed E-state index contributed by atoms with van der Waals surface area (Å²) >= 11 is 0. The molecule has 16 heavy (non-hydrogen) atoms. The molecule has 0 aromatic heterocycles. The average Bonchev–Trinajstić information content (AvgIpc) is 3.08. The Hall–Kier alpha value is -0.120. The van der Waals surface area contributed by atoms with Crippen molar-refractivity contribution in [3.05, 3.63) is 0 Å². The first-order chi connectivity index (χ1) is 7.77. The molecule has 1 heterocycles. The van der Waals surface area contributed by atoms with Crippen LogP contribution in [0, 0.1) is 11.8 Å². The van der Waals surface area contributed by atoms with Crippen LogP contribution >= 0.6 is 0 Å². The minimum Gasteiger partial charge on any atom is -0.380 e. The van der Waals surface area contributed by atoms with Gasteiger partial charge in [-0.2, -0.15) is 0 Å². The molecule has 1 saturated carbocycles. The number of piperazine rings is 1. The van der Waals surface area contributed by atoms with Crippen molar-refractivity contribution in [2.45, 2.75) is 32.7 Å². The molecule has 3 heteroatoms. The molecule has 1 saturated heterocycles. The average molecular weight is 226 g/mol. The first kappa shape index (κ1) is 12.3. The summed E-state index contributed by atoms with van der Waals surface area (Å²) in [7, 11) is 0. The maximum absolute atomic E-state index is 5.68. The zero-order chi connectivity index (χ0) is 11.4. The summed E-state index contributed by atoms with van der Waals surface area (Å²) in [6.45, 7) is 10.9. The molecule has 94 valence electrons. The molecule has 0 aromatic carbocycles. The monoisotopic (exact) mass is 226 g/mol. The lowest BCUT2D eigenvalue weighted by atomic mass is 10.1. The van der Waals surface area contributed by atoms with E-state index in [9.17, 15) is 0 Å². The highest BCUT2D eigenvalue weighted by molar-refractivity contribution is 4.92. The second-order valence-corrected chi connectivity index (χ2v) is 5.61. The van der Waals surface area contributed by atoms with Crippen LogP contribution < -0.4 is 5.32 Å². The third-order valence-corrected chi connectivity index (χ3v) is 3.54. The normalized spacial score (nSPS) is 27.6. The Balaban J connectivity index is 1.65. The molecule has 1 N–H and O–H groups in total. The maximum Gasteiger partial charge on any atom is 0.0593 e. The van der Waals surface area contributed by atoms with Gasteiger partial charge in [-0.3, -0.25) is 4.90 Å². The van der Waals surface area contributed by atoms with Crippen molar-refractivity contribution in [3.8, 4) is 0 Å². The Kier molecular flexibility index (Phi) is 4.62. The van der Waals surface area contributed by atoms with E-state index in [0.717, 1.165) is 38.3 Å². The minimum absolute atomic E-state index is 0.655. The second kappa shape index (κ2) is 5.99. The molecule has 1 unspecified atom stereocenters. The fraction of sp³-hybridized carbons (Fsp3) is 1.00. The van der Waals surface area contributed by atoms with Crippen LogP contribution in [-0.4, -0.2) is 50.3 Å². The molecule has 0 amide bonds. The standard InChI is InChI=1S/C13H26N2O/c1-11(2)10-16-8-7-15-6-5-14-9-13(15)12-3-4-12/h11-14H,3-10H2,1-2H3. The van der Waals surface area contributed by atoms with Gasteiger partial charge in [-0.1, -0.05) is 13.8 Å². The van der Waals surface area contributed by atoms with Crippen molar-refractivity contribution in [2.24, 2.45) is 11.8 Å². The van der Waals surface area contributed by atoms with Crippen molar-refractivity contribution < 1.29 is 4.74 Å². The van der Waals surface area contributed by atoms with Crippen LogP contribution in [0.1, 0.15) is 26.7 Å². The SMILES string of the molecule is CC(C)COCCN1CCNCC1C1CC1. The summed E-state index contributed by atoms with van der Waals surface area (Å²) in [5.74, 6) is 1.63. The highest BCUT2D eigenvalue weighted by atomic mass is 16.5. The van der Waals surface area contributed by atoms with E-state index >= 15 is 0 Å². The van der Waals surface area contributed by atoms with Gasteiger partial charge >= 0.3 is 0 Å². The number of hydrogen-bond donors (Lipinski definition) is 1. The largest absolute Gasteiger partial charge is 0.380 e. The molecule has 3 nitrogen and oxygen atoms in total. The van der Waals surface area contributed by atoms with Crippen LogP contribution in [0.5, 0.6) is 0 Å². The van der Waals surface area contributed by atoms with E-state index in [1.165, 1.54) is 25.9 Å². The maximum atomic E-state index is 5.68. The van der Waals surface area contributed by atoms with Crippen LogP contribution in [0.2, 0.25) is 0 Å². The van der Waals surface area contributed by atoms with Crippen molar-refractivity contribution in [2.75, 3.05) is 39.4 Å². The third kappa shape index (κ3) is 3.72. The third-order valence-electron chi connectivity index (χ3n) is 3.54. The predicted octanol–water partition coefficient (Wildman–Crippen LogP) is 1.34. The lowest BCUT2D eigenvalue weighted by Crippen LogP contribution is -2.53. The molecule has 2 rings (SSSR count). The molecule has 2 fully saturated rings. The van der Waals surface area contributed by atoms with Crippen molar-refractivity contribution in [3.63, 3.8) is 0 Å². The Morgan fingerprint density at radius 2 is 2.19 bits per heavy atom. The Labute approximate surface area is 99.5 Å². The van der Waals surface area contributed by atoms with Crippen LogP contribution in [0.4, 0.5) is 0 Å². The molecular weight excluding hydrogens is 200 g/mol. The van der Waals surface area contributed by atoms with Gasteiger partial charge in [0.05, 0.1) is 6.61 Å². The van der Waals surface area contributed by atoms with Crippen LogP contribution in [-0.2, 0) is 4.74 Å². The number of ether oxygens (including phenoxy) is 1. The summed E-state index contributed by atoms with van der Waals surface area (Å²) in [6.07, 6.45) is 2.88. The summed E-state index contributed by atoms with van der Waals surface area (Å²) in [5, 5.41) is 3.51. The fourth-order valence-corrected chi connectivity index (χ4v) is 2.49. The minimum atomic E-state index is 0.655. The molecular formula is C13H26N2O. The van der Waals surface area contributed by atoms with Crippen molar-refractivity contribution >= 4 is 0 Å². The van der Waals surface area contributed by atoms with Crippen molar-refractivity contribution in [1.29, 1.82) is 0 Å². The smallest absolute Gasteiger partial charge is 0.0593 e. The zero-order valence-electron chi connectivity index (χ0n) is 10.7. The van der Waals surface area contributed by atoms with Gasteiger partial charge in [0, 0.05) is 38.8 Å². The Morgan fingerprint density at radius 1 is 1.38 bits per heavy atom. The van der Waals surface area contributed by atoms with Gasteiger partial charge in [-0.25, -0.2) is 0 Å². The Bertz CT molecular complexity index is 204. The van der Waals surface area contributed by atoms with E-state index in [2.05, 4.69) is 24.1 Å². The first-order valence-electron chi connectivity index (χ1n) is 6.80. The van der Waals surface area contributed by atoms with Gasteiger partial charge in [-0.15, -0.1) is 0 Å². The number of nitrogens with zero attached hydrogens (tertiary/aromatic N) is 1. The van der Waals surface area contributed by atoms with Gasteiger partial charge < -0.3 is 10.1 Å². The number of hydrogen-bond acceptors (Lipinski definition) is 3. The van der Waals surface area contributed by atoms with E-state index in [4.69, 9.17) is 4.74 Å². The van der Waals surface area contributed by atoms with Crippen LogP contribution in [0.15, 0.2) is 0 Å². The summed E-state index contributed by atoms with van der Waals surface area (Å²) in [5.41, 5.74) is 0. The zero-order valence-corrected chi connectivity index (χ0v) is 10.7. The molecule has 1 atom stereocenters. The molecule has 0 aromatic rings. The topological polar surface area (TPSA) is 24.5 Å². The van der Waals surface area contributed by atoms with E-state index in [0.29, 0.717) is 5.92 Å². The molecule has 0 bridgehead atoms. The summed E-state index contributed by atoms with van der Waals surface area (Å²) in [6, 6.07) is 0.788. The first-order valence-corrected chi connectivity index (χ1v) is 6.80. The highest BCUT2D eigenvalue weighted by Crippen LogP contribution is 2.35. The van der Waals surface area contributed by atoms with E-state index in [1.54, 1.807) is 0 Å². The molecule has 1 aliphatic carbocycles. The van der Waals surface area contributed by atoms with Crippen molar-refractivity contribution in [1.82, 2.24) is 10.2 Å². The molecule has 0 radical (unpaired) electrons. The van der Waals surface area contributed by atoms with E-state index < -0.39 is 0 Å². The Morgan fingerprint density at radius 3 is 2.88 bits per heavy atom. The van der Waals surface area contributed by atoms with Gasteiger partial charge in [0.25, 0.3) is 0 Å². The summed E-state index contributed by atoms with van der Waals surface area (Å²) in [4.78, 5) is 2.63. The molecule has 2 aliphatic rings. The van der Waals surface area contributed by atoms with Gasteiger partial charge in [0.2, 0.25) is 0 Å². The second-order valence-electron chi connectivity index (χ2n) is 5.61. The van der Waals surface area contributed by atoms with Crippen LogP contribution in [0.25, 0.3) is 0 Å². The fourth-order valence-electron chi connectivity index (χ4n) is 2.49. The molecule has 0 spiro atoms. The van der Waals surface area contributed by atoms with Gasteiger partial charge in [0.1, 0.15) is 0 Å². The van der Waals surface area contributed by atoms with E-state index in [1.807, 2.05) is 0 Å². The predicted molar refractivity (Wildman–Crippen MR) is 66.6 cm³/mol. The lowest BCUT2D eigenvalue weighted by molar-refractivity contribution is 0.0593. The summed E-state index contributed by atoms with van der Waals surface area (Å²) < 4.78 is 5.68. The quantitative estimate of drug-likeness (QED) is 0.692. The lowest BCUT2D eigenvalue weighted by Gasteiger charge is -2.36. The van der Waals surface area contributed by atoms with Crippen LogP contribution in [0.3, 0.4) is 0 Å². The van der Waals surface area contributed by atoms with Gasteiger partial charge in [0.15, 0.2) is 0 Å². The number of nitrogens with one attached hydrogen (secondary N) is 1. The number of rotatable bonds is 6. The highest BCUT2D eigenvalue weighted by Gasteiger charge is 2.36. The van der Waals surface area contributed by atoms with E-state index in [-0.39, 0.29) is 0 Å². The molecule has 1 aliphatic heterocycles.